The number of nitrogens with one attached hydrogen (secondary N) is 1. The Morgan fingerprint density at radius 1 is 1.55 bits per heavy atom. The van der Waals surface area contributed by atoms with E-state index < -0.39 is 0 Å². The minimum Gasteiger partial charge on any atom is -0.495 e. The normalized spacial score (nSPS) is 20.7. The van der Waals surface area contributed by atoms with Crippen LogP contribution in [0.2, 0.25) is 0 Å². The number of aliphatic hydroxyl groups is 1. The van der Waals surface area contributed by atoms with Gasteiger partial charge < -0.3 is 15.2 Å². The van der Waals surface area contributed by atoms with E-state index in [-0.39, 0.29) is 18.1 Å². The minimum atomic E-state index is -0.321. The molecule has 1 heterocycles. The molecule has 5 heteroatoms. The van der Waals surface area contributed by atoms with Crippen LogP contribution >= 0.6 is 0 Å². The van der Waals surface area contributed by atoms with E-state index in [0.717, 1.165) is 18.5 Å². The number of hydrogen-bond acceptors (Lipinski definition) is 4. The molecule has 5 nitrogen and oxygen atoms in total. The number of methoxy groups -OCH3 is 1. The van der Waals surface area contributed by atoms with E-state index in [1.165, 1.54) is 0 Å². The molecule has 2 rings (SSSR count). The van der Waals surface area contributed by atoms with Crippen LogP contribution in [0, 0.1) is 6.92 Å². The maximum Gasteiger partial charge on any atom is 0.241 e. The molecule has 1 aliphatic rings. The standard InChI is InChI=1S/C15H22N2O3/c1-10-4-5-14(20-3)13(8-10)16-15(19)11(2)17-7-6-12(18)9-17/h4-5,8,11-12,18H,6-7,9H2,1-3H3,(H,16,19)/t11?,12-/m0/s1. The van der Waals surface area contributed by atoms with Crippen molar-refractivity contribution in [3.63, 3.8) is 0 Å². The number of benzene rings is 1. The number of amides is 1. The van der Waals surface area contributed by atoms with E-state index in [4.69, 9.17) is 4.74 Å². The van der Waals surface area contributed by atoms with E-state index in [1.54, 1.807) is 7.11 Å². The highest BCUT2D eigenvalue weighted by Gasteiger charge is 2.28. The van der Waals surface area contributed by atoms with Gasteiger partial charge in [0.05, 0.1) is 24.9 Å². The summed E-state index contributed by atoms with van der Waals surface area (Å²) in [7, 11) is 1.58. The van der Waals surface area contributed by atoms with Crippen LogP contribution in [0.3, 0.4) is 0 Å². The number of aryl methyl sites for hydroxylation is 1. The number of aliphatic hydroxyl groups excluding tert-OH is 1. The third-order valence-electron chi connectivity index (χ3n) is 3.73. The van der Waals surface area contributed by atoms with Crippen molar-refractivity contribution in [2.45, 2.75) is 32.4 Å². The maximum atomic E-state index is 12.3. The lowest BCUT2D eigenvalue weighted by molar-refractivity contribution is -0.120. The SMILES string of the molecule is COc1ccc(C)cc1NC(=O)C(C)N1CC[C@H](O)C1. The van der Waals surface area contributed by atoms with Crippen molar-refractivity contribution < 1.29 is 14.6 Å². The number of carbonyl (C=O) groups is 1. The van der Waals surface area contributed by atoms with E-state index in [0.29, 0.717) is 18.0 Å². The first-order valence-electron chi connectivity index (χ1n) is 6.89. The monoisotopic (exact) mass is 278 g/mol. The van der Waals surface area contributed by atoms with Crippen molar-refractivity contribution in [1.82, 2.24) is 4.90 Å². The summed E-state index contributed by atoms with van der Waals surface area (Å²) in [5, 5.41) is 12.5. The Hall–Kier alpha value is -1.59. The molecule has 1 aromatic carbocycles. The average Bonchev–Trinajstić information content (AvgIpc) is 2.84. The van der Waals surface area contributed by atoms with Crippen LogP contribution in [-0.2, 0) is 4.79 Å². The first-order valence-corrected chi connectivity index (χ1v) is 6.89. The molecule has 0 bridgehead atoms. The third-order valence-corrected chi connectivity index (χ3v) is 3.73. The van der Waals surface area contributed by atoms with Gasteiger partial charge in [-0.15, -0.1) is 0 Å². The molecule has 0 spiro atoms. The fourth-order valence-electron chi connectivity index (χ4n) is 2.44. The van der Waals surface area contributed by atoms with E-state index in [1.807, 2.05) is 36.9 Å². The third kappa shape index (κ3) is 3.29. The van der Waals surface area contributed by atoms with Crippen LogP contribution in [0.5, 0.6) is 5.75 Å². The average molecular weight is 278 g/mol. The summed E-state index contributed by atoms with van der Waals surface area (Å²) < 4.78 is 5.26. The Labute approximate surface area is 119 Å². The van der Waals surface area contributed by atoms with Gasteiger partial charge >= 0.3 is 0 Å². The molecule has 2 N–H and O–H groups in total. The van der Waals surface area contributed by atoms with Crippen LogP contribution in [0.1, 0.15) is 18.9 Å². The predicted octanol–water partition coefficient (Wildman–Crippen LogP) is 1.40. The van der Waals surface area contributed by atoms with E-state index in [2.05, 4.69) is 5.32 Å². The fourth-order valence-corrected chi connectivity index (χ4v) is 2.44. The molecule has 20 heavy (non-hydrogen) atoms. The number of hydrogen-bond donors (Lipinski definition) is 2. The Kier molecular flexibility index (Phi) is 4.62. The van der Waals surface area contributed by atoms with Crippen molar-refractivity contribution >= 4 is 11.6 Å². The highest BCUT2D eigenvalue weighted by Crippen LogP contribution is 2.25. The summed E-state index contributed by atoms with van der Waals surface area (Å²) in [5.74, 6) is 0.570. The van der Waals surface area contributed by atoms with Gasteiger partial charge in [-0.05, 0) is 38.0 Å². The number of carbonyl (C=O) groups excluding carboxylic acids is 1. The topological polar surface area (TPSA) is 61.8 Å². The van der Waals surface area contributed by atoms with Crippen molar-refractivity contribution in [1.29, 1.82) is 0 Å². The quantitative estimate of drug-likeness (QED) is 0.874. The summed E-state index contributed by atoms with van der Waals surface area (Å²) in [4.78, 5) is 14.3. The van der Waals surface area contributed by atoms with E-state index in [9.17, 15) is 9.90 Å². The molecule has 1 unspecified atom stereocenters. The summed E-state index contributed by atoms with van der Waals surface area (Å²) in [6, 6.07) is 5.41. The molecule has 1 aliphatic heterocycles. The van der Waals surface area contributed by atoms with Crippen LogP contribution in [0.25, 0.3) is 0 Å². The molecule has 0 aromatic heterocycles. The van der Waals surface area contributed by atoms with Gasteiger partial charge in [0.25, 0.3) is 0 Å². The second-order valence-corrected chi connectivity index (χ2v) is 5.31. The first kappa shape index (κ1) is 14.8. The van der Waals surface area contributed by atoms with Crippen molar-refractivity contribution in [2.24, 2.45) is 0 Å². The molecule has 2 atom stereocenters. The lowest BCUT2D eigenvalue weighted by Gasteiger charge is -2.23. The highest BCUT2D eigenvalue weighted by atomic mass is 16.5. The fraction of sp³-hybridized carbons (Fsp3) is 0.533. The van der Waals surface area contributed by atoms with Gasteiger partial charge in [0.1, 0.15) is 5.75 Å². The number of ether oxygens (including phenoxy) is 1. The van der Waals surface area contributed by atoms with Crippen LogP contribution in [-0.4, -0.2) is 48.3 Å². The smallest absolute Gasteiger partial charge is 0.241 e. The number of likely N-dealkylation sites (tertiary alicyclic amines) is 1. The van der Waals surface area contributed by atoms with Crippen LogP contribution < -0.4 is 10.1 Å². The zero-order chi connectivity index (χ0) is 14.7. The molecular formula is C15H22N2O3. The summed E-state index contributed by atoms with van der Waals surface area (Å²) >= 11 is 0. The highest BCUT2D eigenvalue weighted by molar-refractivity contribution is 5.96. The number of rotatable bonds is 4. The molecule has 0 aliphatic carbocycles. The van der Waals surface area contributed by atoms with Crippen molar-refractivity contribution in [2.75, 3.05) is 25.5 Å². The largest absolute Gasteiger partial charge is 0.495 e. The molecule has 0 saturated carbocycles. The molecule has 1 amide bonds. The second kappa shape index (κ2) is 6.24. The molecule has 1 saturated heterocycles. The molecule has 110 valence electrons. The summed E-state index contributed by atoms with van der Waals surface area (Å²) in [6.07, 6.45) is 0.407. The van der Waals surface area contributed by atoms with Crippen LogP contribution in [0.15, 0.2) is 18.2 Å². The zero-order valence-corrected chi connectivity index (χ0v) is 12.2. The zero-order valence-electron chi connectivity index (χ0n) is 12.2. The minimum absolute atomic E-state index is 0.0806. The first-order chi connectivity index (χ1) is 9.51. The van der Waals surface area contributed by atoms with Gasteiger partial charge in [0, 0.05) is 13.1 Å². The molecule has 1 fully saturated rings. The van der Waals surface area contributed by atoms with Gasteiger partial charge in [-0.25, -0.2) is 0 Å². The van der Waals surface area contributed by atoms with Gasteiger partial charge in [-0.1, -0.05) is 6.07 Å². The van der Waals surface area contributed by atoms with Crippen molar-refractivity contribution in [3.8, 4) is 5.75 Å². The van der Waals surface area contributed by atoms with Gasteiger partial charge in [-0.2, -0.15) is 0 Å². The van der Waals surface area contributed by atoms with E-state index >= 15 is 0 Å². The second-order valence-electron chi connectivity index (χ2n) is 5.31. The summed E-state index contributed by atoms with van der Waals surface area (Å²) in [5.41, 5.74) is 1.74. The Morgan fingerprint density at radius 3 is 2.90 bits per heavy atom. The number of β-amino-alcohol motifs (C(OH)–C–C–N with tert-alkyl or cyclic N) is 1. The lowest BCUT2D eigenvalue weighted by atomic mass is 10.2. The summed E-state index contributed by atoms with van der Waals surface area (Å²) in [6.45, 7) is 5.13. The Bertz CT molecular complexity index is 490. The number of anilines is 1. The lowest BCUT2D eigenvalue weighted by Crippen LogP contribution is -2.41. The molecular weight excluding hydrogens is 256 g/mol. The number of nitrogens with zero attached hydrogens (tertiary/aromatic N) is 1. The molecule has 1 aromatic rings. The Morgan fingerprint density at radius 2 is 2.30 bits per heavy atom. The van der Waals surface area contributed by atoms with Crippen molar-refractivity contribution in [3.05, 3.63) is 23.8 Å². The van der Waals surface area contributed by atoms with Gasteiger partial charge in [0.2, 0.25) is 5.91 Å². The predicted molar refractivity (Wildman–Crippen MR) is 78.0 cm³/mol. The molecule has 0 radical (unpaired) electrons. The van der Waals surface area contributed by atoms with Gasteiger partial charge in [-0.3, -0.25) is 9.69 Å². The maximum absolute atomic E-state index is 12.3. The Balaban J connectivity index is 2.05. The van der Waals surface area contributed by atoms with Gasteiger partial charge in [0.15, 0.2) is 0 Å². The van der Waals surface area contributed by atoms with Crippen LogP contribution in [0.4, 0.5) is 5.69 Å².